The quantitative estimate of drug-likeness (QED) is 0.612. The van der Waals surface area contributed by atoms with Gasteiger partial charge in [-0.15, -0.1) is 12.4 Å². The van der Waals surface area contributed by atoms with E-state index in [0.29, 0.717) is 19.7 Å². The maximum atomic E-state index is 12.1. The highest BCUT2D eigenvalue weighted by Gasteiger charge is 2.22. The predicted molar refractivity (Wildman–Crippen MR) is 107 cm³/mol. The summed E-state index contributed by atoms with van der Waals surface area (Å²) >= 11 is 0. The molecule has 1 aromatic carbocycles. The lowest BCUT2D eigenvalue weighted by atomic mass is 10.1. The maximum absolute atomic E-state index is 12.1. The fourth-order valence-corrected chi connectivity index (χ4v) is 3.21. The molecule has 2 rings (SSSR count). The first kappa shape index (κ1) is 23.2. The zero-order chi connectivity index (χ0) is 18.8. The fourth-order valence-electron chi connectivity index (χ4n) is 3.21. The largest absolute Gasteiger partial charge is 0.492 e. The Kier molecular flexibility index (Phi) is 10.8. The van der Waals surface area contributed by atoms with Crippen molar-refractivity contribution in [2.45, 2.75) is 25.3 Å². The topological polar surface area (TPSA) is 82.1 Å². The number of carbonyl (C=O) groups is 2. The number of benzene rings is 1. The van der Waals surface area contributed by atoms with Crippen molar-refractivity contribution in [1.29, 1.82) is 0 Å². The van der Waals surface area contributed by atoms with Crippen LogP contribution in [0.15, 0.2) is 30.3 Å². The summed E-state index contributed by atoms with van der Waals surface area (Å²) in [5.74, 6) is -0.00417. The summed E-state index contributed by atoms with van der Waals surface area (Å²) in [5.41, 5.74) is 0. The summed E-state index contributed by atoms with van der Waals surface area (Å²) in [6.45, 7) is 3.03. The summed E-state index contributed by atoms with van der Waals surface area (Å²) in [6.07, 6.45) is 2.82. The number of likely N-dealkylation sites (tertiary alicyclic amines) is 1. The van der Waals surface area contributed by atoms with Crippen LogP contribution in [0.5, 0.6) is 5.75 Å². The molecule has 0 radical (unpaired) electrons. The van der Waals surface area contributed by atoms with Gasteiger partial charge in [-0.1, -0.05) is 18.2 Å². The minimum absolute atomic E-state index is 0. The molecule has 0 saturated carbocycles. The SMILES string of the molecule is CN(CC(=O)O)C1CCCN(CC(=O)NCCOc2ccccc2)CC1.Cl. The van der Waals surface area contributed by atoms with Crippen LogP contribution in [-0.2, 0) is 9.59 Å². The number of ether oxygens (including phenoxy) is 1. The van der Waals surface area contributed by atoms with Gasteiger partial charge in [-0.2, -0.15) is 0 Å². The number of amides is 1. The Morgan fingerprint density at radius 3 is 2.70 bits per heavy atom. The van der Waals surface area contributed by atoms with Gasteiger partial charge in [0.2, 0.25) is 5.91 Å². The minimum atomic E-state index is -0.800. The molecular formula is C19H30ClN3O4. The van der Waals surface area contributed by atoms with E-state index in [4.69, 9.17) is 9.84 Å². The van der Waals surface area contributed by atoms with E-state index in [1.165, 1.54) is 0 Å². The molecule has 0 spiro atoms. The zero-order valence-electron chi connectivity index (χ0n) is 15.8. The summed E-state index contributed by atoms with van der Waals surface area (Å²) in [4.78, 5) is 27.0. The van der Waals surface area contributed by atoms with Gasteiger partial charge in [0.25, 0.3) is 0 Å². The molecule has 1 aliphatic heterocycles. The van der Waals surface area contributed by atoms with Crippen molar-refractivity contribution in [3.8, 4) is 5.75 Å². The highest BCUT2D eigenvalue weighted by molar-refractivity contribution is 5.85. The Labute approximate surface area is 167 Å². The number of nitrogens with zero attached hydrogens (tertiary/aromatic N) is 2. The number of hydrogen-bond acceptors (Lipinski definition) is 5. The molecule has 1 aliphatic rings. The Hall–Kier alpha value is -1.83. The number of carboxylic acids is 1. The van der Waals surface area contributed by atoms with Crippen LogP contribution in [0.3, 0.4) is 0 Å². The highest BCUT2D eigenvalue weighted by atomic mass is 35.5. The second-order valence-electron chi connectivity index (χ2n) is 6.68. The molecule has 8 heteroatoms. The standard InChI is InChI=1S/C19H29N3O4.ClH/c1-21(15-19(24)25)16-6-5-11-22(12-9-16)14-18(23)20-10-13-26-17-7-3-2-4-8-17;/h2-4,7-8,16H,5-6,9-15H2,1H3,(H,20,23)(H,24,25);1H. The summed E-state index contributed by atoms with van der Waals surface area (Å²) in [6, 6.07) is 9.79. The van der Waals surface area contributed by atoms with E-state index in [1.807, 2.05) is 42.3 Å². The van der Waals surface area contributed by atoms with E-state index in [2.05, 4.69) is 10.2 Å². The van der Waals surface area contributed by atoms with Crippen molar-refractivity contribution >= 4 is 24.3 Å². The number of nitrogens with one attached hydrogen (secondary N) is 1. The van der Waals surface area contributed by atoms with E-state index in [1.54, 1.807) is 0 Å². The molecule has 1 aromatic rings. The number of hydrogen-bond donors (Lipinski definition) is 2. The lowest BCUT2D eigenvalue weighted by Gasteiger charge is -2.25. The van der Waals surface area contributed by atoms with Gasteiger partial charge in [0, 0.05) is 12.6 Å². The predicted octanol–water partition coefficient (Wildman–Crippen LogP) is 1.47. The van der Waals surface area contributed by atoms with Crippen LogP contribution in [0.4, 0.5) is 0 Å². The number of halogens is 1. The summed E-state index contributed by atoms with van der Waals surface area (Å²) in [7, 11) is 1.86. The van der Waals surface area contributed by atoms with Crippen molar-refractivity contribution in [2.75, 3.05) is 46.4 Å². The van der Waals surface area contributed by atoms with Gasteiger partial charge >= 0.3 is 5.97 Å². The molecule has 0 aliphatic carbocycles. The first-order valence-electron chi connectivity index (χ1n) is 9.13. The smallest absolute Gasteiger partial charge is 0.317 e. The van der Waals surface area contributed by atoms with E-state index in [-0.39, 0.29) is 30.9 Å². The van der Waals surface area contributed by atoms with Gasteiger partial charge in [-0.3, -0.25) is 19.4 Å². The van der Waals surface area contributed by atoms with Crippen LogP contribution in [0.25, 0.3) is 0 Å². The number of para-hydroxylation sites is 1. The average molecular weight is 400 g/mol. The van der Waals surface area contributed by atoms with Crippen LogP contribution in [0, 0.1) is 0 Å². The number of carboxylic acid groups (broad SMARTS) is 1. The van der Waals surface area contributed by atoms with Gasteiger partial charge in [0.05, 0.1) is 19.6 Å². The van der Waals surface area contributed by atoms with Gasteiger partial charge in [0.1, 0.15) is 12.4 Å². The summed E-state index contributed by atoms with van der Waals surface area (Å²) < 4.78 is 5.56. The lowest BCUT2D eigenvalue weighted by molar-refractivity contribution is -0.138. The third-order valence-corrected chi connectivity index (χ3v) is 4.60. The van der Waals surface area contributed by atoms with Crippen molar-refractivity contribution < 1.29 is 19.4 Å². The van der Waals surface area contributed by atoms with Crippen LogP contribution < -0.4 is 10.1 Å². The van der Waals surface area contributed by atoms with Crippen LogP contribution in [0.1, 0.15) is 19.3 Å². The normalized spacial score (nSPS) is 17.6. The van der Waals surface area contributed by atoms with Crippen molar-refractivity contribution in [3.63, 3.8) is 0 Å². The first-order chi connectivity index (χ1) is 12.5. The molecule has 152 valence electrons. The molecule has 1 atom stereocenters. The Morgan fingerprint density at radius 2 is 2.00 bits per heavy atom. The molecule has 27 heavy (non-hydrogen) atoms. The highest BCUT2D eigenvalue weighted by Crippen LogP contribution is 2.15. The molecule has 1 heterocycles. The van der Waals surface area contributed by atoms with E-state index in [9.17, 15) is 9.59 Å². The van der Waals surface area contributed by atoms with Crippen molar-refractivity contribution in [2.24, 2.45) is 0 Å². The molecule has 0 aromatic heterocycles. The average Bonchev–Trinajstić information content (AvgIpc) is 2.85. The van der Waals surface area contributed by atoms with E-state index in [0.717, 1.165) is 38.1 Å². The Balaban J connectivity index is 0.00000364. The second kappa shape index (κ2) is 12.5. The molecule has 1 amide bonds. The van der Waals surface area contributed by atoms with Gasteiger partial charge < -0.3 is 15.2 Å². The minimum Gasteiger partial charge on any atom is -0.492 e. The van der Waals surface area contributed by atoms with Crippen LogP contribution in [-0.4, -0.2) is 79.2 Å². The lowest BCUT2D eigenvalue weighted by Crippen LogP contribution is -2.40. The van der Waals surface area contributed by atoms with Crippen molar-refractivity contribution in [3.05, 3.63) is 30.3 Å². The number of carbonyl (C=O) groups excluding carboxylic acids is 1. The molecule has 1 saturated heterocycles. The maximum Gasteiger partial charge on any atom is 0.317 e. The third kappa shape index (κ3) is 9.08. The number of aliphatic carboxylic acids is 1. The fraction of sp³-hybridized carbons (Fsp3) is 0.579. The second-order valence-corrected chi connectivity index (χ2v) is 6.68. The van der Waals surface area contributed by atoms with Gasteiger partial charge in [-0.05, 0) is 45.0 Å². The molecule has 2 N–H and O–H groups in total. The number of rotatable bonds is 9. The molecule has 1 fully saturated rings. The Bertz CT molecular complexity index is 573. The monoisotopic (exact) mass is 399 g/mol. The third-order valence-electron chi connectivity index (χ3n) is 4.60. The summed E-state index contributed by atoms with van der Waals surface area (Å²) in [5, 5.41) is 11.8. The van der Waals surface area contributed by atoms with E-state index < -0.39 is 5.97 Å². The van der Waals surface area contributed by atoms with Crippen LogP contribution >= 0.6 is 12.4 Å². The zero-order valence-corrected chi connectivity index (χ0v) is 16.6. The number of likely N-dealkylation sites (N-methyl/N-ethyl adjacent to an activating group) is 1. The first-order valence-corrected chi connectivity index (χ1v) is 9.13. The van der Waals surface area contributed by atoms with Crippen LogP contribution in [0.2, 0.25) is 0 Å². The molecular weight excluding hydrogens is 370 g/mol. The van der Waals surface area contributed by atoms with Gasteiger partial charge in [-0.25, -0.2) is 0 Å². The Morgan fingerprint density at radius 1 is 1.26 bits per heavy atom. The molecule has 7 nitrogen and oxygen atoms in total. The van der Waals surface area contributed by atoms with Gasteiger partial charge in [0.15, 0.2) is 0 Å². The molecule has 1 unspecified atom stereocenters. The van der Waals surface area contributed by atoms with E-state index >= 15 is 0 Å². The van der Waals surface area contributed by atoms with Crippen molar-refractivity contribution in [1.82, 2.24) is 15.1 Å². The molecule has 0 bridgehead atoms.